The molecule has 1 heterocycles. The number of nitrogens with one attached hydrogen (secondary N) is 1. The van der Waals surface area contributed by atoms with Gasteiger partial charge in [-0.2, -0.15) is 0 Å². The van der Waals surface area contributed by atoms with E-state index in [1.807, 2.05) is 30.3 Å². The molecule has 0 aliphatic heterocycles. The monoisotopic (exact) mass is 365 g/mol. The lowest BCUT2D eigenvalue weighted by atomic mass is 10.2. The molecule has 0 aliphatic rings. The summed E-state index contributed by atoms with van der Waals surface area (Å²) in [6.07, 6.45) is 1.46. The van der Waals surface area contributed by atoms with Crippen LogP contribution in [-0.4, -0.2) is 24.4 Å². The molecule has 27 heavy (non-hydrogen) atoms. The second kappa shape index (κ2) is 9.19. The van der Waals surface area contributed by atoms with Crippen molar-refractivity contribution in [1.29, 1.82) is 0 Å². The highest BCUT2D eigenvalue weighted by atomic mass is 16.6. The van der Waals surface area contributed by atoms with Gasteiger partial charge >= 0.3 is 0 Å². The van der Waals surface area contributed by atoms with Crippen molar-refractivity contribution in [3.63, 3.8) is 0 Å². The van der Waals surface area contributed by atoms with Crippen molar-refractivity contribution in [3.05, 3.63) is 83.2 Å². The van der Waals surface area contributed by atoms with E-state index in [4.69, 9.17) is 14.1 Å². The van der Waals surface area contributed by atoms with Gasteiger partial charge in [-0.15, -0.1) is 0 Å². The number of ether oxygens (including phenoxy) is 1. The number of oxime groups is 1. The first-order valence-electron chi connectivity index (χ1n) is 8.31. The average Bonchev–Trinajstić information content (AvgIpc) is 3.18. The quantitative estimate of drug-likeness (QED) is 0.489. The van der Waals surface area contributed by atoms with Gasteiger partial charge in [-0.25, -0.2) is 0 Å². The first-order valence-corrected chi connectivity index (χ1v) is 8.31. The van der Waals surface area contributed by atoms with Crippen LogP contribution in [0.4, 0.5) is 0 Å². The number of aromatic nitrogens is 1. The van der Waals surface area contributed by atoms with E-state index in [2.05, 4.69) is 15.6 Å². The minimum atomic E-state index is -0.213. The maximum atomic E-state index is 12.1. The molecular formula is C20H19N3O4. The summed E-state index contributed by atoms with van der Waals surface area (Å²) in [6.45, 7) is 0.594. The van der Waals surface area contributed by atoms with Crippen molar-refractivity contribution in [1.82, 2.24) is 10.5 Å². The first-order chi connectivity index (χ1) is 13.2. The molecule has 0 atom stereocenters. The maximum absolute atomic E-state index is 12.1. The lowest BCUT2D eigenvalue weighted by molar-refractivity contribution is 0.0947. The van der Waals surface area contributed by atoms with Crippen LogP contribution in [0.15, 0.2) is 70.3 Å². The Morgan fingerprint density at radius 3 is 2.70 bits per heavy atom. The number of nitrogens with zero attached hydrogens (tertiary/aromatic N) is 2. The Bertz CT molecular complexity index is 889. The summed E-state index contributed by atoms with van der Waals surface area (Å²) in [4.78, 5) is 17.3. The highest BCUT2D eigenvalue weighted by Crippen LogP contribution is 2.11. The van der Waals surface area contributed by atoms with Crippen LogP contribution >= 0.6 is 0 Å². The third kappa shape index (κ3) is 5.43. The van der Waals surface area contributed by atoms with E-state index in [-0.39, 0.29) is 12.5 Å². The SMILES string of the molecule is COc1ccc(C(=O)NCc2cc(C=NOCc3ccccc3)no2)cc1. The molecule has 0 unspecified atom stereocenters. The zero-order chi connectivity index (χ0) is 18.9. The highest BCUT2D eigenvalue weighted by molar-refractivity contribution is 5.94. The van der Waals surface area contributed by atoms with E-state index >= 15 is 0 Å². The zero-order valence-electron chi connectivity index (χ0n) is 14.8. The normalized spacial score (nSPS) is 10.7. The minimum Gasteiger partial charge on any atom is -0.497 e. The Labute approximate surface area is 156 Å². The van der Waals surface area contributed by atoms with E-state index in [0.29, 0.717) is 29.4 Å². The Hall–Kier alpha value is -3.61. The van der Waals surface area contributed by atoms with Gasteiger partial charge in [0.15, 0.2) is 5.76 Å². The van der Waals surface area contributed by atoms with Gasteiger partial charge in [0.05, 0.1) is 19.9 Å². The smallest absolute Gasteiger partial charge is 0.251 e. The lowest BCUT2D eigenvalue weighted by Gasteiger charge is -2.04. The fourth-order valence-corrected chi connectivity index (χ4v) is 2.26. The molecule has 0 spiro atoms. The van der Waals surface area contributed by atoms with Crippen molar-refractivity contribution >= 4 is 12.1 Å². The van der Waals surface area contributed by atoms with Gasteiger partial charge in [-0.05, 0) is 29.8 Å². The molecule has 0 saturated carbocycles. The van der Waals surface area contributed by atoms with Crippen LogP contribution in [-0.2, 0) is 18.0 Å². The van der Waals surface area contributed by atoms with Crippen LogP contribution in [0, 0.1) is 0 Å². The number of amides is 1. The molecule has 1 aromatic heterocycles. The zero-order valence-corrected chi connectivity index (χ0v) is 14.8. The van der Waals surface area contributed by atoms with Crippen LogP contribution in [0.2, 0.25) is 0 Å². The molecule has 3 aromatic rings. The third-order valence-corrected chi connectivity index (χ3v) is 3.69. The average molecular weight is 365 g/mol. The van der Waals surface area contributed by atoms with E-state index in [0.717, 1.165) is 5.56 Å². The second-order valence-electron chi connectivity index (χ2n) is 5.62. The van der Waals surface area contributed by atoms with Gasteiger partial charge in [0.25, 0.3) is 5.91 Å². The molecule has 7 heteroatoms. The molecule has 138 valence electrons. The summed E-state index contributed by atoms with van der Waals surface area (Å²) >= 11 is 0. The Morgan fingerprint density at radius 2 is 1.96 bits per heavy atom. The summed E-state index contributed by atoms with van der Waals surface area (Å²) in [7, 11) is 1.58. The van der Waals surface area contributed by atoms with Gasteiger partial charge in [-0.3, -0.25) is 4.79 Å². The standard InChI is InChI=1S/C20H19N3O4/c1-25-18-9-7-16(8-10-18)20(24)21-13-19-11-17(23-27-19)12-22-26-14-15-5-3-2-4-6-15/h2-12H,13-14H2,1H3,(H,21,24). The number of methoxy groups -OCH3 is 1. The van der Waals surface area contributed by atoms with Crippen LogP contribution in [0.1, 0.15) is 27.4 Å². The molecule has 0 fully saturated rings. The largest absolute Gasteiger partial charge is 0.497 e. The Balaban J connectivity index is 1.45. The van der Waals surface area contributed by atoms with Crippen LogP contribution in [0.5, 0.6) is 5.75 Å². The first kappa shape index (κ1) is 18.2. The van der Waals surface area contributed by atoms with Gasteiger partial charge in [0.2, 0.25) is 0 Å². The number of rotatable bonds is 8. The second-order valence-corrected chi connectivity index (χ2v) is 5.62. The van der Waals surface area contributed by atoms with E-state index < -0.39 is 0 Å². The number of hydrogen-bond acceptors (Lipinski definition) is 6. The summed E-state index contributed by atoms with van der Waals surface area (Å²) in [5.41, 5.74) is 2.07. The molecule has 3 rings (SSSR count). The lowest BCUT2D eigenvalue weighted by Crippen LogP contribution is -2.22. The van der Waals surface area contributed by atoms with Crippen molar-refractivity contribution < 1.29 is 18.9 Å². The summed E-state index contributed by atoms with van der Waals surface area (Å²) in [6, 6.07) is 18.2. The summed E-state index contributed by atoms with van der Waals surface area (Å²) in [5, 5.41) is 10.5. The highest BCUT2D eigenvalue weighted by Gasteiger charge is 2.08. The van der Waals surface area contributed by atoms with E-state index in [9.17, 15) is 4.79 Å². The molecule has 0 bridgehead atoms. The Kier molecular flexibility index (Phi) is 6.19. The van der Waals surface area contributed by atoms with Gasteiger partial charge in [0.1, 0.15) is 18.1 Å². The number of carbonyl (C=O) groups excluding carboxylic acids is 1. The molecule has 2 aromatic carbocycles. The summed E-state index contributed by atoms with van der Waals surface area (Å²) in [5.74, 6) is 0.997. The van der Waals surface area contributed by atoms with Crippen molar-refractivity contribution in [2.75, 3.05) is 7.11 Å². The van der Waals surface area contributed by atoms with Crippen LogP contribution in [0.25, 0.3) is 0 Å². The fraction of sp³-hybridized carbons (Fsp3) is 0.150. The number of hydrogen-bond donors (Lipinski definition) is 1. The van der Waals surface area contributed by atoms with E-state index in [1.54, 1.807) is 37.4 Å². The van der Waals surface area contributed by atoms with Gasteiger partial charge in [-0.1, -0.05) is 40.6 Å². The molecule has 1 N–H and O–H groups in total. The molecule has 0 aliphatic carbocycles. The van der Waals surface area contributed by atoms with E-state index in [1.165, 1.54) is 6.21 Å². The summed E-state index contributed by atoms with van der Waals surface area (Å²) < 4.78 is 10.2. The Morgan fingerprint density at radius 1 is 1.19 bits per heavy atom. The van der Waals surface area contributed by atoms with Crippen LogP contribution in [0.3, 0.4) is 0 Å². The molecule has 1 amide bonds. The predicted octanol–water partition coefficient (Wildman–Crippen LogP) is 3.16. The van der Waals surface area contributed by atoms with Crippen molar-refractivity contribution in [2.45, 2.75) is 13.2 Å². The number of carbonyl (C=O) groups is 1. The third-order valence-electron chi connectivity index (χ3n) is 3.69. The number of benzene rings is 2. The maximum Gasteiger partial charge on any atom is 0.251 e. The van der Waals surface area contributed by atoms with Crippen molar-refractivity contribution in [3.8, 4) is 5.75 Å². The van der Waals surface area contributed by atoms with Crippen LogP contribution < -0.4 is 10.1 Å². The molecular weight excluding hydrogens is 346 g/mol. The van der Waals surface area contributed by atoms with Crippen molar-refractivity contribution in [2.24, 2.45) is 5.16 Å². The predicted molar refractivity (Wildman–Crippen MR) is 99.5 cm³/mol. The molecule has 0 radical (unpaired) electrons. The molecule has 0 saturated heterocycles. The fourth-order valence-electron chi connectivity index (χ4n) is 2.26. The minimum absolute atomic E-state index is 0.213. The van der Waals surface area contributed by atoms with Gasteiger partial charge in [0, 0.05) is 11.6 Å². The molecule has 7 nitrogen and oxygen atoms in total. The topological polar surface area (TPSA) is 86.0 Å². The van der Waals surface area contributed by atoms with Gasteiger partial charge < -0.3 is 19.4 Å².